The van der Waals surface area contributed by atoms with Crippen LogP contribution >= 0.6 is 0 Å². The highest BCUT2D eigenvalue weighted by Crippen LogP contribution is 2.34. The van der Waals surface area contributed by atoms with Crippen molar-refractivity contribution in [2.45, 2.75) is 43.8 Å². The molecule has 3 aliphatic heterocycles. The summed E-state index contributed by atoms with van der Waals surface area (Å²) < 4.78 is 20.8. The first-order valence-corrected chi connectivity index (χ1v) is 13.6. The van der Waals surface area contributed by atoms with E-state index in [0.717, 1.165) is 55.5 Å². The van der Waals surface area contributed by atoms with Gasteiger partial charge in [0.15, 0.2) is 11.5 Å². The Hall–Kier alpha value is -3.87. The summed E-state index contributed by atoms with van der Waals surface area (Å²) in [4.78, 5) is 23.9. The highest BCUT2D eigenvalue weighted by atomic mass is 19.1. The van der Waals surface area contributed by atoms with Crippen molar-refractivity contribution in [2.75, 3.05) is 38.2 Å². The lowest BCUT2D eigenvalue weighted by molar-refractivity contribution is 0.188. The lowest BCUT2D eigenvalue weighted by atomic mass is 9.98. The second-order valence-corrected chi connectivity index (χ2v) is 10.9. The van der Waals surface area contributed by atoms with E-state index in [1.807, 2.05) is 18.2 Å². The predicted octanol–water partition coefficient (Wildman–Crippen LogP) is 3.77. The Kier molecular flexibility index (Phi) is 6.02. The van der Waals surface area contributed by atoms with Crippen LogP contribution in [-0.2, 0) is 0 Å². The average Bonchev–Trinajstić information content (AvgIpc) is 3.53. The van der Waals surface area contributed by atoms with Crippen LogP contribution in [0.1, 0.15) is 31.2 Å². The zero-order valence-electron chi connectivity index (χ0n) is 21.9. The Balaban J connectivity index is 1.34. The van der Waals surface area contributed by atoms with Crippen molar-refractivity contribution >= 4 is 27.6 Å². The van der Waals surface area contributed by atoms with Crippen molar-refractivity contribution in [3.05, 3.63) is 47.9 Å². The molecule has 198 valence electrons. The molecule has 1 N–H and O–H groups in total. The van der Waals surface area contributed by atoms with Gasteiger partial charge in [0.25, 0.3) is 0 Å². The number of hydrogen-bond donors (Lipinski definition) is 1. The summed E-state index contributed by atoms with van der Waals surface area (Å²) in [6.45, 7) is 3.33. The van der Waals surface area contributed by atoms with Crippen LogP contribution in [0.5, 0.6) is 6.01 Å². The Bertz CT molecular complexity index is 1610. The Morgan fingerprint density at radius 2 is 1.95 bits per heavy atom. The van der Waals surface area contributed by atoms with E-state index in [0.29, 0.717) is 53.2 Å². The first-order chi connectivity index (χ1) is 19.1. The van der Waals surface area contributed by atoms with Crippen LogP contribution in [0, 0.1) is 18.2 Å². The van der Waals surface area contributed by atoms with E-state index in [1.165, 1.54) is 12.5 Å². The fourth-order valence-corrected chi connectivity index (χ4v) is 6.33. The van der Waals surface area contributed by atoms with E-state index >= 15 is 0 Å². The quantitative estimate of drug-likeness (QED) is 0.396. The minimum Gasteiger partial charge on any atom is -0.462 e. The molecule has 0 spiro atoms. The lowest BCUT2D eigenvalue weighted by Crippen LogP contribution is -2.51. The number of ether oxygens (including phenoxy) is 1. The van der Waals surface area contributed by atoms with Crippen molar-refractivity contribution in [3.8, 4) is 29.7 Å². The molecule has 0 aliphatic carbocycles. The van der Waals surface area contributed by atoms with Gasteiger partial charge in [-0.05, 0) is 50.7 Å². The number of piperazine rings is 1. The molecular weight excluding hydrogens is 493 g/mol. The standard InChI is InChI=1S/C30H30FN7O/c1-3-22-25(31)12-9-18-6-4-8-23(26(18)22)27-32-14-24-28(34-27)35-30(39-17-21-7-5-13-37(21)2)36-29(24)38-15-19-10-11-20(16-38)33-19/h1,4,6,8-9,12,14,19-21,33H,5,7,10-11,13,15-17H2,2H3. The molecule has 2 aromatic heterocycles. The molecule has 3 saturated heterocycles. The van der Waals surface area contributed by atoms with Crippen LogP contribution in [0.15, 0.2) is 36.5 Å². The van der Waals surface area contributed by atoms with Crippen LogP contribution in [0.4, 0.5) is 10.2 Å². The minimum absolute atomic E-state index is 0.205. The van der Waals surface area contributed by atoms with Crippen molar-refractivity contribution in [1.29, 1.82) is 0 Å². The molecule has 3 aliphatic rings. The van der Waals surface area contributed by atoms with Gasteiger partial charge in [0.1, 0.15) is 18.2 Å². The number of terminal acetylenes is 1. The number of likely N-dealkylation sites (tertiary alicyclic amines) is 1. The molecule has 0 radical (unpaired) electrons. The fourth-order valence-electron chi connectivity index (χ4n) is 6.33. The largest absolute Gasteiger partial charge is 0.462 e. The zero-order valence-corrected chi connectivity index (χ0v) is 21.9. The highest BCUT2D eigenvalue weighted by molar-refractivity contribution is 6.00. The van der Waals surface area contributed by atoms with E-state index in [-0.39, 0.29) is 5.56 Å². The van der Waals surface area contributed by atoms with Crippen molar-refractivity contribution in [3.63, 3.8) is 0 Å². The first kappa shape index (κ1) is 24.2. The van der Waals surface area contributed by atoms with Gasteiger partial charge in [-0.25, -0.2) is 14.4 Å². The van der Waals surface area contributed by atoms with Gasteiger partial charge in [-0.3, -0.25) is 0 Å². The van der Waals surface area contributed by atoms with Gasteiger partial charge in [0.2, 0.25) is 0 Å². The summed E-state index contributed by atoms with van der Waals surface area (Å²) >= 11 is 0. The Labute approximate surface area is 226 Å². The molecule has 3 fully saturated rings. The molecule has 7 rings (SSSR count). The topological polar surface area (TPSA) is 79.3 Å². The van der Waals surface area contributed by atoms with Gasteiger partial charge >= 0.3 is 6.01 Å². The Morgan fingerprint density at radius 3 is 2.72 bits per heavy atom. The first-order valence-electron chi connectivity index (χ1n) is 13.6. The Morgan fingerprint density at radius 1 is 1.10 bits per heavy atom. The number of nitrogens with one attached hydrogen (secondary N) is 1. The SMILES string of the molecule is C#Cc1c(F)ccc2cccc(-c3ncc4c(N5CC6CCC(C5)N6)nc(OCC5CCCN5C)nc4n3)c12. The average molecular weight is 524 g/mol. The molecule has 0 amide bonds. The van der Waals surface area contributed by atoms with E-state index in [9.17, 15) is 4.39 Å². The van der Waals surface area contributed by atoms with Gasteiger partial charge in [0, 0.05) is 48.4 Å². The molecule has 8 nitrogen and oxygen atoms in total. The number of nitrogens with zero attached hydrogens (tertiary/aromatic N) is 6. The van der Waals surface area contributed by atoms with Crippen LogP contribution in [-0.4, -0.2) is 76.3 Å². The number of fused-ring (bicyclic) bond motifs is 4. The molecule has 3 unspecified atom stereocenters. The normalized spacial score (nSPS) is 23.0. The van der Waals surface area contributed by atoms with Crippen LogP contribution in [0.25, 0.3) is 33.2 Å². The third-order valence-electron chi connectivity index (χ3n) is 8.39. The third-order valence-corrected chi connectivity index (χ3v) is 8.39. The predicted molar refractivity (Wildman–Crippen MR) is 149 cm³/mol. The molecule has 4 aromatic rings. The summed E-state index contributed by atoms with van der Waals surface area (Å²) in [6.07, 6.45) is 12.1. The number of anilines is 1. The molecule has 3 atom stereocenters. The van der Waals surface area contributed by atoms with Gasteiger partial charge in [-0.1, -0.05) is 30.2 Å². The summed E-state index contributed by atoms with van der Waals surface area (Å²) in [5.41, 5.74) is 1.37. The molecule has 39 heavy (non-hydrogen) atoms. The smallest absolute Gasteiger partial charge is 0.320 e. The van der Waals surface area contributed by atoms with Gasteiger partial charge < -0.3 is 19.9 Å². The lowest BCUT2D eigenvalue weighted by Gasteiger charge is -2.34. The van der Waals surface area contributed by atoms with Gasteiger partial charge in [-0.2, -0.15) is 9.97 Å². The number of hydrogen-bond acceptors (Lipinski definition) is 8. The summed E-state index contributed by atoms with van der Waals surface area (Å²) in [5.74, 6) is 3.31. The van der Waals surface area contributed by atoms with Gasteiger partial charge in [0.05, 0.1) is 10.9 Å². The molecule has 0 saturated carbocycles. The number of rotatable bonds is 5. The minimum atomic E-state index is -0.441. The summed E-state index contributed by atoms with van der Waals surface area (Å²) in [5, 5.41) is 5.90. The molecule has 2 aromatic carbocycles. The van der Waals surface area contributed by atoms with Crippen LogP contribution < -0.4 is 15.0 Å². The van der Waals surface area contributed by atoms with E-state index in [4.69, 9.17) is 31.1 Å². The zero-order chi connectivity index (χ0) is 26.5. The van der Waals surface area contributed by atoms with Gasteiger partial charge in [-0.15, -0.1) is 6.42 Å². The summed E-state index contributed by atoms with van der Waals surface area (Å²) in [6, 6.07) is 10.3. The maximum absolute atomic E-state index is 14.7. The van der Waals surface area contributed by atoms with E-state index in [1.54, 1.807) is 12.3 Å². The van der Waals surface area contributed by atoms with E-state index < -0.39 is 5.82 Å². The number of likely N-dealkylation sites (N-methyl/N-ethyl adjacent to an activating group) is 1. The van der Waals surface area contributed by atoms with Crippen LogP contribution in [0.3, 0.4) is 0 Å². The number of aromatic nitrogens is 4. The fraction of sp³-hybridized carbons (Fsp3) is 0.400. The van der Waals surface area contributed by atoms with Crippen LogP contribution in [0.2, 0.25) is 0 Å². The van der Waals surface area contributed by atoms with Crippen molar-refractivity contribution in [1.82, 2.24) is 30.2 Å². The second-order valence-electron chi connectivity index (χ2n) is 10.9. The molecule has 2 bridgehead atoms. The maximum Gasteiger partial charge on any atom is 0.320 e. The second kappa shape index (κ2) is 9.70. The summed E-state index contributed by atoms with van der Waals surface area (Å²) in [7, 11) is 2.13. The number of benzene rings is 2. The molecule has 9 heteroatoms. The maximum atomic E-state index is 14.7. The number of halogens is 1. The monoisotopic (exact) mass is 523 g/mol. The van der Waals surface area contributed by atoms with Crippen molar-refractivity contribution < 1.29 is 9.13 Å². The molecule has 5 heterocycles. The highest BCUT2D eigenvalue weighted by Gasteiger charge is 2.34. The van der Waals surface area contributed by atoms with E-state index in [2.05, 4.69) is 28.1 Å². The molecular formula is C30H30FN7O. The third kappa shape index (κ3) is 4.34. The van der Waals surface area contributed by atoms with Crippen molar-refractivity contribution in [2.24, 2.45) is 0 Å².